The first-order chi connectivity index (χ1) is 12.1. The van der Waals surface area contributed by atoms with Gasteiger partial charge in [-0.2, -0.15) is 0 Å². The molecule has 3 heterocycles. The second-order valence-electron chi connectivity index (χ2n) is 7.89. The van der Waals surface area contributed by atoms with E-state index in [-0.39, 0.29) is 12.1 Å². The number of piperidine rings is 2. The molecule has 0 aromatic carbocycles. The molecule has 2 saturated heterocycles. The largest absolute Gasteiger partial charge is 0.331 e. The van der Waals surface area contributed by atoms with E-state index in [1.165, 1.54) is 32.4 Å². The Bertz CT molecular complexity index is 542. The Labute approximate surface area is 151 Å². The standard InChI is InChI=1S/C20H32N4O/c1-16-7-11-23(12-8-16)14-18-5-4-10-24(15-18)20(25)22-17(2)19-6-3-9-21-13-19/h3,6,9,13,16-18H,4-5,7-8,10-12,14-15H2,1-2H3,(H,22,25)/t17-,18+/m1/s1. The average Bonchev–Trinajstić information content (AvgIpc) is 2.64. The molecule has 2 aliphatic heterocycles. The number of aromatic nitrogens is 1. The van der Waals surface area contributed by atoms with E-state index in [1.807, 2.05) is 30.2 Å². The van der Waals surface area contributed by atoms with Gasteiger partial charge in [-0.25, -0.2) is 4.79 Å². The highest BCUT2D eigenvalue weighted by Crippen LogP contribution is 2.22. The van der Waals surface area contributed by atoms with Gasteiger partial charge in [-0.15, -0.1) is 0 Å². The number of carbonyl (C=O) groups excluding carboxylic acids is 1. The maximum Gasteiger partial charge on any atom is 0.317 e. The van der Waals surface area contributed by atoms with Crippen LogP contribution in [0.25, 0.3) is 0 Å². The molecule has 2 amide bonds. The zero-order valence-corrected chi connectivity index (χ0v) is 15.7. The highest BCUT2D eigenvalue weighted by molar-refractivity contribution is 5.74. The molecule has 1 aromatic heterocycles. The summed E-state index contributed by atoms with van der Waals surface area (Å²) in [6.45, 7) is 9.73. The minimum absolute atomic E-state index is 0.00911. The molecule has 0 radical (unpaired) electrons. The van der Waals surface area contributed by atoms with Crippen LogP contribution in [0.4, 0.5) is 4.79 Å². The Morgan fingerprint density at radius 1 is 1.32 bits per heavy atom. The average molecular weight is 345 g/mol. The number of hydrogen-bond donors (Lipinski definition) is 1. The number of rotatable bonds is 4. The number of hydrogen-bond acceptors (Lipinski definition) is 3. The zero-order valence-electron chi connectivity index (χ0n) is 15.7. The lowest BCUT2D eigenvalue weighted by atomic mass is 9.94. The summed E-state index contributed by atoms with van der Waals surface area (Å²) in [5.74, 6) is 1.49. The molecule has 3 rings (SSSR count). The van der Waals surface area contributed by atoms with E-state index in [9.17, 15) is 4.79 Å². The predicted octanol–water partition coefficient (Wildman–Crippen LogP) is 3.30. The van der Waals surface area contributed by atoms with Crippen molar-refractivity contribution in [3.8, 4) is 0 Å². The summed E-state index contributed by atoms with van der Waals surface area (Å²) in [4.78, 5) is 21.4. The maximum absolute atomic E-state index is 12.6. The van der Waals surface area contributed by atoms with Gasteiger partial charge >= 0.3 is 6.03 Å². The molecule has 138 valence electrons. The fraction of sp³-hybridized carbons (Fsp3) is 0.700. The van der Waals surface area contributed by atoms with E-state index >= 15 is 0 Å². The first-order valence-electron chi connectivity index (χ1n) is 9.79. The van der Waals surface area contributed by atoms with Crippen LogP contribution in [0.3, 0.4) is 0 Å². The van der Waals surface area contributed by atoms with Crippen molar-refractivity contribution >= 4 is 6.03 Å². The minimum Gasteiger partial charge on any atom is -0.331 e. The van der Waals surface area contributed by atoms with Gasteiger partial charge in [0.1, 0.15) is 0 Å². The highest BCUT2D eigenvalue weighted by Gasteiger charge is 2.27. The van der Waals surface area contributed by atoms with Crippen molar-refractivity contribution in [2.24, 2.45) is 11.8 Å². The number of likely N-dealkylation sites (tertiary alicyclic amines) is 2. The van der Waals surface area contributed by atoms with Crippen molar-refractivity contribution in [3.63, 3.8) is 0 Å². The topological polar surface area (TPSA) is 48.5 Å². The van der Waals surface area contributed by atoms with Gasteiger partial charge in [-0.1, -0.05) is 13.0 Å². The Morgan fingerprint density at radius 2 is 2.12 bits per heavy atom. The zero-order chi connectivity index (χ0) is 17.6. The second-order valence-corrected chi connectivity index (χ2v) is 7.89. The Balaban J connectivity index is 1.48. The summed E-state index contributed by atoms with van der Waals surface area (Å²) in [6, 6.07) is 3.97. The van der Waals surface area contributed by atoms with E-state index in [2.05, 4.69) is 22.1 Å². The third kappa shape index (κ3) is 5.18. The van der Waals surface area contributed by atoms with E-state index in [0.717, 1.165) is 37.5 Å². The van der Waals surface area contributed by atoms with Crippen LogP contribution in [0.1, 0.15) is 51.1 Å². The van der Waals surface area contributed by atoms with Crippen LogP contribution >= 0.6 is 0 Å². The fourth-order valence-electron chi connectivity index (χ4n) is 4.00. The van der Waals surface area contributed by atoms with Gasteiger partial charge in [0.15, 0.2) is 0 Å². The number of amides is 2. The summed E-state index contributed by atoms with van der Waals surface area (Å²) < 4.78 is 0. The number of pyridine rings is 1. The van der Waals surface area contributed by atoms with Crippen LogP contribution < -0.4 is 5.32 Å². The van der Waals surface area contributed by atoms with Crippen LogP contribution in [0.2, 0.25) is 0 Å². The first kappa shape index (κ1) is 18.2. The lowest BCUT2D eigenvalue weighted by molar-refractivity contribution is 0.119. The quantitative estimate of drug-likeness (QED) is 0.912. The number of nitrogens with zero attached hydrogens (tertiary/aromatic N) is 3. The summed E-state index contributed by atoms with van der Waals surface area (Å²) in [5, 5.41) is 3.13. The Hall–Kier alpha value is -1.62. The van der Waals surface area contributed by atoms with Gasteiger partial charge in [-0.05, 0) is 69.2 Å². The number of urea groups is 1. The molecule has 5 nitrogen and oxygen atoms in total. The molecule has 2 fully saturated rings. The number of nitrogens with one attached hydrogen (secondary N) is 1. The number of carbonyl (C=O) groups is 1. The van der Waals surface area contributed by atoms with Gasteiger partial charge in [0, 0.05) is 32.0 Å². The molecule has 0 spiro atoms. The SMILES string of the molecule is CC1CCN(C[C@@H]2CCCN(C(=O)N[C@H](C)c3cccnc3)C2)CC1. The molecule has 5 heteroatoms. The molecule has 0 saturated carbocycles. The molecular formula is C20H32N4O. The molecule has 25 heavy (non-hydrogen) atoms. The van der Waals surface area contributed by atoms with Crippen LogP contribution in [0, 0.1) is 11.8 Å². The van der Waals surface area contributed by atoms with Crippen LogP contribution in [-0.4, -0.2) is 53.5 Å². The normalized spacial score (nSPS) is 24.1. The molecule has 0 aliphatic carbocycles. The molecule has 2 atom stereocenters. The van der Waals surface area contributed by atoms with Gasteiger partial charge in [0.05, 0.1) is 6.04 Å². The van der Waals surface area contributed by atoms with E-state index in [0.29, 0.717) is 5.92 Å². The lowest BCUT2D eigenvalue weighted by Crippen LogP contribution is -2.48. The monoisotopic (exact) mass is 344 g/mol. The first-order valence-corrected chi connectivity index (χ1v) is 9.79. The van der Waals surface area contributed by atoms with Crippen molar-refractivity contribution in [3.05, 3.63) is 30.1 Å². The molecular weight excluding hydrogens is 312 g/mol. The third-order valence-electron chi connectivity index (χ3n) is 5.72. The molecule has 1 N–H and O–H groups in total. The second kappa shape index (κ2) is 8.65. The lowest BCUT2D eigenvalue weighted by Gasteiger charge is -2.38. The van der Waals surface area contributed by atoms with Crippen LogP contribution in [0.15, 0.2) is 24.5 Å². The Kier molecular flexibility index (Phi) is 6.29. The third-order valence-corrected chi connectivity index (χ3v) is 5.72. The van der Waals surface area contributed by atoms with Crippen molar-refractivity contribution < 1.29 is 4.79 Å². The fourth-order valence-corrected chi connectivity index (χ4v) is 4.00. The predicted molar refractivity (Wildman–Crippen MR) is 100 cm³/mol. The minimum atomic E-state index is -0.00911. The van der Waals surface area contributed by atoms with Gasteiger partial charge in [-0.3, -0.25) is 4.98 Å². The highest BCUT2D eigenvalue weighted by atomic mass is 16.2. The van der Waals surface area contributed by atoms with E-state index < -0.39 is 0 Å². The van der Waals surface area contributed by atoms with Crippen molar-refractivity contribution in [1.29, 1.82) is 0 Å². The van der Waals surface area contributed by atoms with Crippen molar-refractivity contribution in [2.75, 3.05) is 32.7 Å². The van der Waals surface area contributed by atoms with Gasteiger partial charge < -0.3 is 15.1 Å². The molecule has 0 bridgehead atoms. The summed E-state index contributed by atoms with van der Waals surface area (Å²) in [7, 11) is 0. The summed E-state index contributed by atoms with van der Waals surface area (Å²) in [6.07, 6.45) is 8.58. The Morgan fingerprint density at radius 3 is 2.84 bits per heavy atom. The van der Waals surface area contributed by atoms with E-state index in [1.54, 1.807) is 6.20 Å². The van der Waals surface area contributed by atoms with Gasteiger partial charge in [0.2, 0.25) is 0 Å². The van der Waals surface area contributed by atoms with E-state index in [4.69, 9.17) is 0 Å². The van der Waals surface area contributed by atoms with Crippen molar-refractivity contribution in [2.45, 2.75) is 45.6 Å². The molecule has 2 aliphatic rings. The summed E-state index contributed by atoms with van der Waals surface area (Å²) in [5.41, 5.74) is 1.05. The molecule has 0 unspecified atom stereocenters. The summed E-state index contributed by atoms with van der Waals surface area (Å²) >= 11 is 0. The molecule has 1 aromatic rings. The smallest absolute Gasteiger partial charge is 0.317 e. The van der Waals surface area contributed by atoms with Crippen molar-refractivity contribution in [1.82, 2.24) is 20.1 Å². The van der Waals surface area contributed by atoms with Crippen LogP contribution in [-0.2, 0) is 0 Å². The maximum atomic E-state index is 12.6. The van der Waals surface area contributed by atoms with Crippen LogP contribution in [0.5, 0.6) is 0 Å². The van der Waals surface area contributed by atoms with Gasteiger partial charge in [0.25, 0.3) is 0 Å².